The van der Waals surface area contributed by atoms with Crippen LogP contribution in [0.15, 0.2) is 95.1 Å². The molecule has 9 rings (SSSR count). The van der Waals surface area contributed by atoms with Crippen molar-refractivity contribution in [2.24, 2.45) is 33.5 Å². The van der Waals surface area contributed by atoms with Gasteiger partial charge in [0.25, 0.3) is 0 Å². The van der Waals surface area contributed by atoms with Crippen LogP contribution in [0.5, 0.6) is 11.5 Å². The second kappa shape index (κ2) is 13.2. The molecule has 3 saturated carbocycles. The third-order valence-corrected chi connectivity index (χ3v) is 14.9. The predicted molar refractivity (Wildman–Crippen MR) is 205 cm³/mol. The molecule has 0 radical (unpaired) electrons. The number of allylic oxidation sites excluding steroid dienone is 4. The van der Waals surface area contributed by atoms with Gasteiger partial charge >= 0.3 is 6.03 Å². The van der Waals surface area contributed by atoms with Gasteiger partial charge in [0, 0.05) is 33.4 Å². The van der Waals surface area contributed by atoms with Crippen LogP contribution >= 0.6 is 0 Å². The number of hydrogen-bond donors (Lipinski definition) is 3. The fraction of sp³-hybridized carbons (Fsp3) is 0.511. The van der Waals surface area contributed by atoms with Gasteiger partial charge in [-0.25, -0.2) is 4.79 Å². The number of aliphatic hydroxyl groups excluding tert-OH is 1. The SMILES string of the molecule is COc1ccc(CN(CC2(O)CCC3C45C=CC6(C=C4C(=O)c4ccco4)CC(O)CCC6(C)C5CCC32C)C(=O)NC(C)c2ccccc2)c(OC)c1. The molecule has 2 bridgehead atoms. The largest absolute Gasteiger partial charge is 0.497 e. The van der Waals surface area contributed by atoms with E-state index in [2.05, 4.69) is 37.4 Å². The van der Waals surface area contributed by atoms with Crippen LogP contribution in [0, 0.1) is 33.5 Å². The van der Waals surface area contributed by atoms with Crippen LogP contribution in [-0.4, -0.2) is 59.4 Å². The lowest BCUT2D eigenvalue weighted by Gasteiger charge is -2.71. The molecule has 2 aromatic carbocycles. The van der Waals surface area contributed by atoms with Gasteiger partial charge in [0.2, 0.25) is 5.78 Å². The van der Waals surface area contributed by atoms with Gasteiger partial charge < -0.3 is 34.3 Å². The van der Waals surface area contributed by atoms with E-state index in [-0.39, 0.29) is 48.2 Å². The van der Waals surface area contributed by atoms with E-state index >= 15 is 0 Å². The molecule has 54 heavy (non-hydrogen) atoms. The number of carbonyl (C=O) groups excluding carboxylic acids is 2. The normalized spacial score (nSPS) is 35.2. The average Bonchev–Trinajstić information content (AvgIpc) is 3.81. The van der Waals surface area contributed by atoms with Crippen molar-refractivity contribution in [3.63, 3.8) is 0 Å². The van der Waals surface area contributed by atoms with E-state index in [9.17, 15) is 19.8 Å². The minimum absolute atomic E-state index is 0.0687. The summed E-state index contributed by atoms with van der Waals surface area (Å²) in [7, 11) is 3.21. The van der Waals surface area contributed by atoms with Crippen molar-refractivity contribution in [3.8, 4) is 11.5 Å². The first-order valence-corrected chi connectivity index (χ1v) is 19.6. The molecule has 9 nitrogen and oxygen atoms in total. The van der Waals surface area contributed by atoms with Gasteiger partial charge in [-0.3, -0.25) is 4.79 Å². The quantitative estimate of drug-likeness (QED) is 0.142. The first-order valence-electron chi connectivity index (χ1n) is 19.6. The van der Waals surface area contributed by atoms with Gasteiger partial charge in [0.15, 0.2) is 5.76 Å². The molecule has 3 N–H and O–H groups in total. The van der Waals surface area contributed by atoms with E-state index in [4.69, 9.17) is 13.9 Å². The molecule has 9 heteroatoms. The maximum Gasteiger partial charge on any atom is 0.318 e. The predicted octanol–water partition coefficient (Wildman–Crippen LogP) is 8.04. The van der Waals surface area contributed by atoms with Gasteiger partial charge in [0.1, 0.15) is 11.5 Å². The monoisotopic (exact) mass is 734 g/mol. The number of urea groups is 1. The van der Waals surface area contributed by atoms with Gasteiger partial charge in [-0.15, -0.1) is 0 Å². The lowest BCUT2D eigenvalue weighted by atomic mass is 9.32. The Morgan fingerprint density at radius 1 is 0.944 bits per heavy atom. The summed E-state index contributed by atoms with van der Waals surface area (Å²) in [5.41, 5.74) is -0.580. The Morgan fingerprint density at radius 3 is 2.41 bits per heavy atom. The van der Waals surface area contributed by atoms with E-state index in [1.807, 2.05) is 55.5 Å². The number of Topliss-reactive ketones (excluding diaryl/α,β-unsaturated/α-hetero) is 1. The molecule has 3 fully saturated rings. The van der Waals surface area contributed by atoms with Gasteiger partial charge in [-0.1, -0.05) is 62.4 Å². The lowest BCUT2D eigenvalue weighted by Crippen LogP contribution is -2.67. The smallest absolute Gasteiger partial charge is 0.318 e. The van der Waals surface area contributed by atoms with Gasteiger partial charge in [-0.05, 0) is 98.9 Å². The fourth-order valence-electron chi connectivity index (χ4n) is 11.9. The summed E-state index contributed by atoms with van der Waals surface area (Å²) in [4.78, 5) is 30.8. The maximum atomic E-state index is 14.6. The summed E-state index contributed by atoms with van der Waals surface area (Å²) in [5.74, 6) is 1.53. The molecule has 6 aliphatic carbocycles. The van der Waals surface area contributed by atoms with Crippen molar-refractivity contribution in [1.82, 2.24) is 10.2 Å². The second-order valence-electron chi connectivity index (χ2n) is 17.2. The molecule has 0 saturated heterocycles. The van der Waals surface area contributed by atoms with E-state index in [1.165, 1.54) is 0 Å². The molecule has 9 unspecified atom stereocenters. The molecular weight excluding hydrogens is 681 g/mol. The van der Waals surface area contributed by atoms with Crippen LogP contribution < -0.4 is 14.8 Å². The minimum atomic E-state index is -1.26. The maximum absolute atomic E-state index is 14.6. The highest BCUT2D eigenvalue weighted by molar-refractivity contribution is 6.08. The number of nitrogens with one attached hydrogen (secondary N) is 1. The number of methoxy groups -OCH3 is 2. The number of carbonyl (C=O) groups is 2. The lowest BCUT2D eigenvalue weighted by molar-refractivity contribution is -0.175. The molecule has 0 aliphatic heterocycles. The zero-order chi connectivity index (χ0) is 38.1. The highest BCUT2D eigenvalue weighted by Crippen LogP contribution is 2.78. The molecule has 2 spiro atoms. The number of nitrogens with zero attached hydrogens (tertiary/aromatic N) is 1. The van der Waals surface area contributed by atoms with Crippen LogP contribution in [0.3, 0.4) is 0 Å². The number of fused-ring (bicyclic) bond motifs is 1. The number of hydrogen-bond acceptors (Lipinski definition) is 7. The summed E-state index contributed by atoms with van der Waals surface area (Å²) in [5, 5.41) is 27.4. The summed E-state index contributed by atoms with van der Waals surface area (Å²) >= 11 is 0. The van der Waals surface area contributed by atoms with Crippen molar-refractivity contribution >= 4 is 11.8 Å². The summed E-state index contributed by atoms with van der Waals surface area (Å²) in [6, 6.07) is 18.4. The third kappa shape index (κ3) is 5.32. The molecule has 9 atom stereocenters. The van der Waals surface area contributed by atoms with Gasteiger partial charge in [-0.2, -0.15) is 0 Å². The number of rotatable bonds is 10. The highest BCUT2D eigenvalue weighted by Gasteiger charge is 2.74. The van der Waals surface area contributed by atoms with E-state index in [1.54, 1.807) is 37.5 Å². The number of ether oxygens (including phenoxy) is 2. The Morgan fingerprint density at radius 2 is 1.69 bits per heavy atom. The van der Waals surface area contributed by atoms with Crippen molar-refractivity contribution in [2.45, 2.75) is 90.0 Å². The van der Waals surface area contributed by atoms with Crippen LogP contribution in [-0.2, 0) is 6.54 Å². The van der Waals surface area contributed by atoms with E-state index in [0.717, 1.165) is 42.4 Å². The average molecular weight is 735 g/mol. The van der Waals surface area contributed by atoms with Crippen molar-refractivity contribution in [2.75, 3.05) is 20.8 Å². The first-order chi connectivity index (χ1) is 25.8. The molecule has 1 aromatic heterocycles. The Hall–Kier alpha value is -4.34. The molecule has 3 aromatic rings. The second-order valence-corrected chi connectivity index (χ2v) is 17.2. The third-order valence-electron chi connectivity index (χ3n) is 14.9. The molecule has 2 amide bonds. The standard InChI is InChI=1S/C45H54N2O7/c1-29(30-10-7-6-8-11-30)46-40(50)47(27-31-13-14-33(52-4)24-36(31)53-5)28-44(51)20-17-38-42(44,3)19-16-37-41(2)18-15-32(48)25-43(41)21-22-45(37,38)34(26-43)39(49)35-12-9-23-54-35/h6-14,21-24,26,29,32,37-38,48,51H,15-20,25,27-28H2,1-5H3,(H,46,50). The van der Waals surface area contributed by atoms with Crippen molar-refractivity contribution in [3.05, 3.63) is 108 Å². The van der Waals surface area contributed by atoms with Crippen LogP contribution in [0.2, 0.25) is 0 Å². The summed E-state index contributed by atoms with van der Waals surface area (Å²) in [6.07, 6.45) is 12.9. The molecule has 1 heterocycles. The number of furan rings is 1. The highest BCUT2D eigenvalue weighted by atomic mass is 16.5. The topological polar surface area (TPSA) is 121 Å². The van der Waals surface area contributed by atoms with Crippen LogP contribution in [0.25, 0.3) is 0 Å². The van der Waals surface area contributed by atoms with Gasteiger partial charge in [0.05, 0.1) is 51.3 Å². The summed E-state index contributed by atoms with van der Waals surface area (Å²) in [6.45, 7) is 6.85. The van der Waals surface area contributed by atoms with E-state index < -0.39 is 27.9 Å². The Labute approximate surface area is 318 Å². The zero-order valence-corrected chi connectivity index (χ0v) is 32.1. The van der Waals surface area contributed by atoms with Crippen LogP contribution in [0.4, 0.5) is 4.79 Å². The molecule has 6 aliphatic rings. The Bertz CT molecular complexity index is 1980. The molecule has 286 valence electrons. The number of ketones is 1. The zero-order valence-electron chi connectivity index (χ0n) is 32.1. The van der Waals surface area contributed by atoms with Crippen molar-refractivity contribution in [1.29, 1.82) is 0 Å². The Kier molecular flexibility index (Phi) is 8.92. The fourth-order valence-corrected chi connectivity index (χ4v) is 11.9. The number of amides is 2. The van der Waals surface area contributed by atoms with Crippen molar-refractivity contribution < 1.29 is 33.7 Å². The number of aliphatic hydroxyl groups is 2. The Balaban J connectivity index is 1.18. The minimum Gasteiger partial charge on any atom is -0.497 e. The van der Waals surface area contributed by atoms with E-state index in [0.29, 0.717) is 36.5 Å². The van der Waals surface area contributed by atoms with Crippen LogP contribution in [0.1, 0.15) is 93.4 Å². The summed E-state index contributed by atoms with van der Waals surface area (Å²) < 4.78 is 17.0. The number of benzene rings is 2. The molecular formula is C45H54N2O7. The first kappa shape index (κ1) is 36.6.